The summed E-state index contributed by atoms with van der Waals surface area (Å²) in [5.41, 5.74) is 2.19. The van der Waals surface area contributed by atoms with Crippen LogP contribution in [0.5, 0.6) is 5.75 Å². The van der Waals surface area contributed by atoms with Gasteiger partial charge in [-0.2, -0.15) is 0 Å². The first kappa shape index (κ1) is 20.9. The summed E-state index contributed by atoms with van der Waals surface area (Å²) in [6, 6.07) is 17.5. The number of para-hydroxylation sites is 2. The van der Waals surface area contributed by atoms with Crippen LogP contribution in [0.1, 0.15) is 24.3 Å². The Kier molecular flexibility index (Phi) is 6.90. The van der Waals surface area contributed by atoms with Crippen LogP contribution < -0.4 is 10.1 Å². The molecular weight excluding hydrogens is 366 g/mol. The van der Waals surface area contributed by atoms with Crippen molar-refractivity contribution in [3.63, 3.8) is 0 Å². The molecule has 0 fully saturated rings. The first-order valence-corrected chi connectivity index (χ1v) is 10.0. The zero-order valence-electron chi connectivity index (χ0n) is 17.3. The van der Waals surface area contributed by atoms with E-state index < -0.39 is 6.10 Å². The number of aliphatic hydroxyl groups excluding tert-OH is 1. The van der Waals surface area contributed by atoms with E-state index >= 15 is 0 Å². The minimum absolute atomic E-state index is 0.175. The maximum Gasteiger partial charge on any atom is 0.272 e. The highest BCUT2D eigenvalue weighted by Crippen LogP contribution is 2.35. The summed E-state index contributed by atoms with van der Waals surface area (Å²) >= 11 is 0. The van der Waals surface area contributed by atoms with Crippen LogP contribution in [0, 0.1) is 0 Å². The molecule has 0 spiro atoms. The monoisotopic (exact) mass is 395 g/mol. The van der Waals surface area contributed by atoms with Crippen LogP contribution in [0.3, 0.4) is 0 Å². The first-order valence-electron chi connectivity index (χ1n) is 10.0. The number of methoxy groups -OCH3 is 1. The highest BCUT2D eigenvalue weighted by Gasteiger charge is 2.25. The number of fused-ring (bicyclic) bond motifs is 1. The van der Waals surface area contributed by atoms with Gasteiger partial charge in [-0.15, -0.1) is 0 Å². The number of amides is 1. The maximum atomic E-state index is 13.2. The van der Waals surface area contributed by atoms with Crippen LogP contribution in [0.4, 0.5) is 0 Å². The van der Waals surface area contributed by atoms with Crippen molar-refractivity contribution < 1.29 is 14.6 Å². The Morgan fingerprint density at radius 2 is 1.76 bits per heavy atom. The van der Waals surface area contributed by atoms with E-state index in [-0.39, 0.29) is 12.5 Å². The summed E-state index contributed by atoms with van der Waals surface area (Å²) in [5.74, 6) is 0.251. The Labute approximate surface area is 171 Å². The molecule has 0 saturated carbocycles. The Hall–Kier alpha value is -2.83. The van der Waals surface area contributed by atoms with Crippen LogP contribution in [-0.4, -0.2) is 59.9 Å². The van der Waals surface area contributed by atoms with Crippen molar-refractivity contribution in [1.82, 2.24) is 14.8 Å². The molecule has 1 heterocycles. The fraction of sp³-hybridized carbons (Fsp3) is 0.348. The van der Waals surface area contributed by atoms with Crippen LogP contribution in [0.25, 0.3) is 16.6 Å². The summed E-state index contributed by atoms with van der Waals surface area (Å²) in [6.45, 7) is 6.52. The third-order valence-corrected chi connectivity index (χ3v) is 5.12. The van der Waals surface area contributed by atoms with E-state index in [1.165, 1.54) is 0 Å². The molecule has 0 radical (unpaired) electrons. The summed E-state index contributed by atoms with van der Waals surface area (Å²) in [4.78, 5) is 15.3. The summed E-state index contributed by atoms with van der Waals surface area (Å²) in [7, 11) is 1.57. The molecule has 6 heteroatoms. The van der Waals surface area contributed by atoms with Crippen molar-refractivity contribution in [2.75, 3.05) is 33.3 Å². The van der Waals surface area contributed by atoms with Gasteiger partial charge in [0, 0.05) is 24.2 Å². The van der Waals surface area contributed by atoms with Crippen molar-refractivity contribution in [3.05, 3.63) is 60.3 Å². The lowest BCUT2D eigenvalue weighted by atomic mass is 10.2. The normalized spacial score (nSPS) is 12.3. The Morgan fingerprint density at radius 3 is 2.41 bits per heavy atom. The predicted octanol–water partition coefficient (Wildman–Crippen LogP) is 3.07. The molecule has 154 valence electrons. The van der Waals surface area contributed by atoms with Gasteiger partial charge < -0.3 is 24.6 Å². The van der Waals surface area contributed by atoms with Crippen molar-refractivity contribution in [2.24, 2.45) is 0 Å². The second-order valence-corrected chi connectivity index (χ2v) is 6.92. The van der Waals surface area contributed by atoms with Gasteiger partial charge in [-0.05, 0) is 37.4 Å². The number of nitrogens with zero attached hydrogens (tertiary/aromatic N) is 2. The van der Waals surface area contributed by atoms with E-state index in [9.17, 15) is 9.90 Å². The van der Waals surface area contributed by atoms with Gasteiger partial charge in [0.1, 0.15) is 0 Å². The molecule has 6 nitrogen and oxygen atoms in total. The smallest absolute Gasteiger partial charge is 0.272 e. The first-order chi connectivity index (χ1) is 14.1. The molecular formula is C23H29N3O3. The van der Waals surface area contributed by atoms with Gasteiger partial charge in [-0.3, -0.25) is 4.79 Å². The quantitative estimate of drug-likeness (QED) is 0.584. The number of carbonyl (C=O) groups excluding carboxylic acids is 1. The van der Waals surface area contributed by atoms with Crippen molar-refractivity contribution in [1.29, 1.82) is 0 Å². The van der Waals surface area contributed by atoms with E-state index in [1.807, 2.05) is 59.2 Å². The highest BCUT2D eigenvalue weighted by molar-refractivity contribution is 6.05. The summed E-state index contributed by atoms with van der Waals surface area (Å²) < 4.78 is 7.54. The third kappa shape index (κ3) is 4.44. The molecule has 1 atom stereocenters. The molecule has 3 rings (SSSR count). The molecule has 1 aromatic heterocycles. The largest absolute Gasteiger partial charge is 0.494 e. The molecule has 29 heavy (non-hydrogen) atoms. The van der Waals surface area contributed by atoms with Gasteiger partial charge >= 0.3 is 0 Å². The molecule has 2 N–H and O–H groups in total. The van der Waals surface area contributed by atoms with Crippen LogP contribution in [0.15, 0.2) is 54.6 Å². The number of benzene rings is 2. The molecule has 0 saturated heterocycles. The van der Waals surface area contributed by atoms with Crippen LogP contribution in [-0.2, 0) is 0 Å². The zero-order chi connectivity index (χ0) is 20.8. The van der Waals surface area contributed by atoms with Gasteiger partial charge in [0.15, 0.2) is 11.4 Å². The minimum atomic E-state index is -0.639. The third-order valence-electron chi connectivity index (χ3n) is 5.12. The number of aromatic nitrogens is 1. The minimum Gasteiger partial charge on any atom is -0.494 e. The number of hydrogen-bond donors (Lipinski definition) is 2. The van der Waals surface area contributed by atoms with Crippen molar-refractivity contribution >= 4 is 16.8 Å². The number of likely N-dealkylation sites (N-methyl/N-ethyl adjacent to an activating group) is 1. The zero-order valence-corrected chi connectivity index (χ0v) is 17.3. The summed E-state index contributed by atoms with van der Waals surface area (Å²) in [6.07, 6.45) is -0.639. The lowest BCUT2D eigenvalue weighted by Gasteiger charge is -2.22. The van der Waals surface area contributed by atoms with Gasteiger partial charge in [-0.1, -0.05) is 44.2 Å². The SMILES string of the molecule is CCN(CC)C[C@@H](O)CNC(=O)c1c(OC)c2ccccc2n1-c1ccccc1. The van der Waals surface area contributed by atoms with Gasteiger partial charge in [0.2, 0.25) is 0 Å². The van der Waals surface area contributed by atoms with E-state index in [0.717, 1.165) is 29.7 Å². The molecule has 0 unspecified atom stereocenters. The molecule has 3 aromatic rings. The van der Waals surface area contributed by atoms with E-state index in [2.05, 4.69) is 24.1 Å². The van der Waals surface area contributed by atoms with Gasteiger partial charge in [-0.25, -0.2) is 0 Å². The number of carbonyl (C=O) groups is 1. The molecule has 1 amide bonds. The maximum absolute atomic E-state index is 13.2. The molecule has 0 aliphatic carbocycles. The van der Waals surface area contributed by atoms with Crippen LogP contribution in [0.2, 0.25) is 0 Å². The van der Waals surface area contributed by atoms with E-state index in [0.29, 0.717) is 18.0 Å². The summed E-state index contributed by atoms with van der Waals surface area (Å²) in [5, 5.41) is 14.1. The number of rotatable bonds is 9. The fourth-order valence-corrected chi connectivity index (χ4v) is 3.61. The highest BCUT2D eigenvalue weighted by atomic mass is 16.5. The van der Waals surface area contributed by atoms with Gasteiger partial charge in [0.05, 0.1) is 18.7 Å². The molecule has 0 bridgehead atoms. The number of nitrogens with one attached hydrogen (secondary N) is 1. The van der Waals surface area contributed by atoms with Gasteiger partial charge in [0.25, 0.3) is 5.91 Å². The Balaban J connectivity index is 1.94. The lowest BCUT2D eigenvalue weighted by Crippen LogP contribution is -2.40. The molecule has 0 aliphatic heterocycles. The lowest BCUT2D eigenvalue weighted by molar-refractivity contribution is 0.0861. The second kappa shape index (κ2) is 9.58. The predicted molar refractivity (Wildman–Crippen MR) is 116 cm³/mol. The second-order valence-electron chi connectivity index (χ2n) is 6.92. The Bertz CT molecular complexity index is 949. The topological polar surface area (TPSA) is 66.7 Å². The number of ether oxygens (including phenoxy) is 1. The van der Waals surface area contributed by atoms with Crippen LogP contribution >= 0.6 is 0 Å². The van der Waals surface area contributed by atoms with E-state index in [4.69, 9.17) is 4.74 Å². The molecule has 0 aliphatic rings. The fourth-order valence-electron chi connectivity index (χ4n) is 3.61. The van der Waals surface area contributed by atoms with E-state index in [1.54, 1.807) is 7.11 Å². The Morgan fingerprint density at radius 1 is 1.10 bits per heavy atom. The average molecular weight is 396 g/mol. The van der Waals surface area contributed by atoms with Crippen molar-refractivity contribution in [2.45, 2.75) is 20.0 Å². The number of hydrogen-bond acceptors (Lipinski definition) is 4. The molecule has 2 aromatic carbocycles. The van der Waals surface area contributed by atoms with Crippen molar-refractivity contribution in [3.8, 4) is 11.4 Å². The standard InChI is InChI=1S/C23H29N3O3/c1-4-25(5-2)16-18(27)15-24-23(28)21-22(29-3)19-13-9-10-14-20(19)26(21)17-11-7-6-8-12-17/h6-14,18,27H,4-5,15-16H2,1-3H3,(H,24,28)/t18-/m0/s1. The average Bonchev–Trinajstić information content (AvgIpc) is 3.10. The number of aliphatic hydroxyl groups is 1.